The van der Waals surface area contributed by atoms with E-state index in [1.54, 1.807) is 19.1 Å². The van der Waals surface area contributed by atoms with Crippen molar-refractivity contribution in [3.63, 3.8) is 0 Å². The van der Waals surface area contributed by atoms with Crippen LogP contribution in [0, 0.1) is 0 Å². The summed E-state index contributed by atoms with van der Waals surface area (Å²) in [5, 5.41) is 3.97. The number of carbonyl (C=O) groups is 2. The molecule has 4 nitrogen and oxygen atoms in total. The maximum Gasteiger partial charge on any atom is 0.228 e. The van der Waals surface area contributed by atoms with Crippen molar-refractivity contribution in [3.05, 3.63) is 83.3 Å². The van der Waals surface area contributed by atoms with Crippen LogP contribution in [0.3, 0.4) is 0 Å². The number of Topliss-reactive ketones (excluding diaryl/α,β-unsaturated/α-hetero) is 1. The largest absolute Gasteiger partial charge is 0.461 e. The van der Waals surface area contributed by atoms with Crippen molar-refractivity contribution < 1.29 is 14.0 Å². The minimum absolute atomic E-state index is 0.0227. The highest BCUT2D eigenvalue weighted by atomic mass is 16.3. The molecule has 5 rings (SSSR count). The molecule has 0 bridgehead atoms. The van der Waals surface area contributed by atoms with Gasteiger partial charge in [-0.1, -0.05) is 36.4 Å². The molecule has 1 heterocycles. The fourth-order valence-corrected chi connectivity index (χ4v) is 4.70. The molecule has 1 aliphatic carbocycles. The van der Waals surface area contributed by atoms with Gasteiger partial charge in [-0.05, 0) is 77.1 Å². The predicted octanol–water partition coefficient (Wildman–Crippen LogP) is 4.90. The van der Waals surface area contributed by atoms with E-state index in [9.17, 15) is 9.59 Å². The lowest BCUT2D eigenvalue weighted by molar-refractivity contribution is -0.122. The molecule has 0 saturated heterocycles. The van der Waals surface area contributed by atoms with Crippen molar-refractivity contribution in [2.24, 2.45) is 5.73 Å². The van der Waals surface area contributed by atoms with E-state index in [2.05, 4.69) is 0 Å². The minimum atomic E-state index is -0.960. The van der Waals surface area contributed by atoms with Crippen LogP contribution in [-0.2, 0) is 16.8 Å². The lowest BCUT2D eigenvalue weighted by Crippen LogP contribution is -2.46. The fourth-order valence-electron chi connectivity index (χ4n) is 4.70. The smallest absolute Gasteiger partial charge is 0.228 e. The van der Waals surface area contributed by atoms with Crippen molar-refractivity contribution in [1.29, 1.82) is 0 Å². The maximum atomic E-state index is 13.2. The minimum Gasteiger partial charge on any atom is -0.461 e. The first-order valence-corrected chi connectivity index (χ1v) is 9.86. The Bertz CT molecular complexity index is 1290. The third kappa shape index (κ3) is 2.56. The van der Waals surface area contributed by atoms with Crippen LogP contribution in [0.25, 0.3) is 21.5 Å². The summed E-state index contributed by atoms with van der Waals surface area (Å²) in [6.45, 7) is 1.56. The Hall–Kier alpha value is -3.24. The average molecular weight is 383 g/mol. The van der Waals surface area contributed by atoms with Gasteiger partial charge in [0.15, 0.2) is 11.5 Å². The molecule has 0 aliphatic heterocycles. The number of hydrogen-bond acceptors (Lipinski definition) is 4. The predicted molar refractivity (Wildman–Crippen MR) is 113 cm³/mol. The van der Waals surface area contributed by atoms with Gasteiger partial charge in [0, 0.05) is 5.56 Å². The van der Waals surface area contributed by atoms with Gasteiger partial charge >= 0.3 is 0 Å². The molecular formula is C25H21NO3. The van der Waals surface area contributed by atoms with Gasteiger partial charge in [-0.3, -0.25) is 9.59 Å². The molecule has 144 valence electrons. The molecule has 4 aromatic rings. The normalized spacial score (nSPS) is 18.7. The van der Waals surface area contributed by atoms with Crippen LogP contribution >= 0.6 is 0 Å². The molecule has 0 saturated carbocycles. The van der Waals surface area contributed by atoms with Gasteiger partial charge in [-0.2, -0.15) is 0 Å². The molecule has 0 radical (unpaired) electrons. The number of aryl methyl sites for hydroxylation is 1. The molecular weight excluding hydrogens is 362 g/mol. The van der Waals surface area contributed by atoms with E-state index in [-0.39, 0.29) is 11.6 Å². The number of ketones is 2. The molecule has 0 fully saturated rings. The molecule has 0 amide bonds. The van der Waals surface area contributed by atoms with Crippen LogP contribution in [-0.4, -0.2) is 11.6 Å². The highest BCUT2D eigenvalue weighted by Crippen LogP contribution is 2.40. The van der Waals surface area contributed by atoms with Crippen LogP contribution in [0.15, 0.2) is 65.3 Å². The molecule has 1 aliphatic rings. The summed E-state index contributed by atoms with van der Waals surface area (Å²) in [6.07, 6.45) is 3.84. The summed E-state index contributed by atoms with van der Waals surface area (Å²) >= 11 is 0. The molecule has 1 aromatic heterocycles. The van der Waals surface area contributed by atoms with Gasteiger partial charge in [0.2, 0.25) is 5.78 Å². The average Bonchev–Trinajstić information content (AvgIpc) is 3.27. The third-order valence-electron chi connectivity index (χ3n) is 6.25. The van der Waals surface area contributed by atoms with Crippen molar-refractivity contribution in [2.75, 3.05) is 0 Å². The van der Waals surface area contributed by atoms with E-state index in [1.165, 1.54) is 6.26 Å². The highest BCUT2D eigenvalue weighted by molar-refractivity contribution is 6.21. The second kappa shape index (κ2) is 6.39. The zero-order chi connectivity index (χ0) is 20.2. The van der Waals surface area contributed by atoms with Crippen molar-refractivity contribution in [1.82, 2.24) is 0 Å². The first kappa shape index (κ1) is 17.8. The Labute approximate surface area is 168 Å². The summed E-state index contributed by atoms with van der Waals surface area (Å²) in [5.41, 5.74) is 8.16. The SMILES string of the molecule is CC(=O)C1(N)CCCc2c1ccc1c2cc(C(=O)c2ccco2)c2ccccc21. The number of rotatable bonds is 3. The van der Waals surface area contributed by atoms with Crippen LogP contribution < -0.4 is 5.73 Å². The van der Waals surface area contributed by atoms with Gasteiger partial charge in [-0.25, -0.2) is 0 Å². The van der Waals surface area contributed by atoms with Crippen molar-refractivity contribution in [3.8, 4) is 0 Å². The van der Waals surface area contributed by atoms with Crippen molar-refractivity contribution in [2.45, 2.75) is 31.7 Å². The van der Waals surface area contributed by atoms with Gasteiger partial charge < -0.3 is 10.2 Å². The van der Waals surface area contributed by atoms with Crippen LogP contribution in [0.1, 0.15) is 47.0 Å². The number of hydrogen-bond donors (Lipinski definition) is 1. The number of carbonyl (C=O) groups excluding carboxylic acids is 2. The maximum absolute atomic E-state index is 13.2. The number of nitrogens with two attached hydrogens (primary N) is 1. The summed E-state index contributed by atoms with van der Waals surface area (Å²) in [4.78, 5) is 25.6. The Morgan fingerprint density at radius 1 is 0.966 bits per heavy atom. The monoisotopic (exact) mass is 383 g/mol. The fraction of sp³-hybridized carbons (Fsp3) is 0.200. The summed E-state index contributed by atoms with van der Waals surface area (Å²) in [7, 11) is 0. The Morgan fingerprint density at radius 2 is 1.72 bits per heavy atom. The van der Waals surface area contributed by atoms with E-state index >= 15 is 0 Å². The van der Waals surface area contributed by atoms with Crippen LogP contribution in [0.5, 0.6) is 0 Å². The molecule has 1 atom stereocenters. The summed E-state index contributed by atoms with van der Waals surface area (Å²) in [5.74, 6) is 0.147. The molecule has 1 unspecified atom stereocenters. The van der Waals surface area contributed by atoms with E-state index < -0.39 is 5.54 Å². The number of fused-ring (bicyclic) bond motifs is 5. The van der Waals surface area contributed by atoms with E-state index in [0.717, 1.165) is 45.5 Å². The van der Waals surface area contributed by atoms with E-state index in [0.29, 0.717) is 17.7 Å². The first-order chi connectivity index (χ1) is 14.0. The molecule has 0 spiro atoms. The molecule has 3 aromatic carbocycles. The lowest BCUT2D eigenvalue weighted by atomic mass is 9.73. The Morgan fingerprint density at radius 3 is 2.45 bits per heavy atom. The second-order valence-corrected chi connectivity index (χ2v) is 7.84. The third-order valence-corrected chi connectivity index (χ3v) is 6.25. The molecule has 29 heavy (non-hydrogen) atoms. The quantitative estimate of drug-likeness (QED) is 0.403. The first-order valence-electron chi connectivity index (χ1n) is 9.86. The number of furan rings is 1. The topological polar surface area (TPSA) is 73.3 Å². The zero-order valence-electron chi connectivity index (χ0n) is 16.2. The molecule has 2 N–H and O–H groups in total. The summed E-state index contributed by atoms with van der Waals surface area (Å²) in [6, 6.07) is 17.3. The van der Waals surface area contributed by atoms with E-state index in [4.69, 9.17) is 10.2 Å². The van der Waals surface area contributed by atoms with Crippen LogP contribution in [0.2, 0.25) is 0 Å². The van der Waals surface area contributed by atoms with Crippen LogP contribution in [0.4, 0.5) is 0 Å². The van der Waals surface area contributed by atoms with E-state index in [1.807, 2.05) is 42.5 Å². The summed E-state index contributed by atoms with van der Waals surface area (Å²) < 4.78 is 5.37. The lowest BCUT2D eigenvalue weighted by Gasteiger charge is -2.34. The number of benzene rings is 3. The van der Waals surface area contributed by atoms with Gasteiger partial charge in [0.05, 0.1) is 6.26 Å². The standard InChI is InChI=1S/C25H21NO3/c1-15(27)25(26)12-4-8-19-20-14-21(24(28)23-9-5-13-29-23)17-7-3-2-6-16(17)18(20)10-11-22(19)25/h2-3,5-7,9-11,13-14H,4,8,12,26H2,1H3. The zero-order valence-corrected chi connectivity index (χ0v) is 16.2. The van der Waals surface area contributed by atoms with Crippen molar-refractivity contribution >= 4 is 33.1 Å². The Kier molecular flexibility index (Phi) is 3.93. The highest BCUT2D eigenvalue weighted by Gasteiger charge is 2.37. The molecule has 4 heteroatoms. The van der Waals surface area contributed by atoms with Gasteiger partial charge in [0.25, 0.3) is 0 Å². The van der Waals surface area contributed by atoms with Gasteiger partial charge in [-0.15, -0.1) is 0 Å². The Balaban J connectivity index is 1.87. The van der Waals surface area contributed by atoms with Gasteiger partial charge in [0.1, 0.15) is 5.54 Å². The second-order valence-electron chi connectivity index (χ2n) is 7.84.